The molecular formula is C9H8N2O2. The molecule has 1 aliphatic rings. The highest BCUT2D eigenvalue weighted by Crippen LogP contribution is 2.23. The first-order valence-corrected chi connectivity index (χ1v) is 3.90. The van der Waals surface area contributed by atoms with Crippen LogP contribution in [0.1, 0.15) is 5.56 Å². The van der Waals surface area contributed by atoms with Gasteiger partial charge in [0, 0.05) is 18.3 Å². The second kappa shape index (κ2) is 2.90. The largest absolute Gasteiger partial charge is 0.465 e. The van der Waals surface area contributed by atoms with Crippen molar-refractivity contribution in [2.45, 2.75) is 0 Å². The minimum Gasteiger partial charge on any atom is -0.465 e. The minimum atomic E-state index is -0.946. The van der Waals surface area contributed by atoms with Gasteiger partial charge in [-0.3, -0.25) is 9.88 Å². The third-order valence-corrected chi connectivity index (χ3v) is 1.94. The van der Waals surface area contributed by atoms with Gasteiger partial charge in [0.2, 0.25) is 0 Å². The van der Waals surface area contributed by atoms with Crippen molar-refractivity contribution < 1.29 is 9.90 Å². The molecule has 0 bridgehead atoms. The number of hydrogen-bond donors (Lipinski definition) is 1. The highest BCUT2D eigenvalue weighted by atomic mass is 16.4. The van der Waals surface area contributed by atoms with E-state index in [-0.39, 0.29) is 0 Å². The molecule has 0 atom stereocenters. The number of anilines is 1. The maximum absolute atomic E-state index is 10.8. The van der Waals surface area contributed by atoms with Crippen molar-refractivity contribution in [3.05, 3.63) is 30.1 Å². The molecule has 1 aromatic rings. The van der Waals surface area contributed by atoms with E-state index in [2.05, 4.69) is 4.98 Å². The van der Waals surface area contributed by atoms with Crippen molar-refractivity contribution in [3.8, 4) is 0 Å². The first-order valence-electron chi connectivity index (χ1n) is 3.90. The summed E-state index contributed by atoms with van der Waals surface area (Å²) in [7, 11) is 0. The molecule has 2 rings (SSSR count). The number of carboxylic acid groups (broad SMARTS) is 1. The van der Waals surface area contributed by atoms with Gasteiger partial charge in [0.05, 0.1) is 11.9 Å². The number of amides is 1. The van der Waals surface area contributed by atoms with Gasteiger partial charge in [0.15, 0.2) is 0 Å². The molecule has 4 heteroatoms. The summed E-state index contributed by atoms with van der Waals surface area (Å²) in [4.78, 5) is 15.9. The molecule has 1 N–H and O–H groups in total. The van der Waals surface area contributed by atoms with Crippen molar-refractivity contribution in [1.82, 2.24) is 4.98 Å². The molecule has 0 saturated carbocycles. The summed E-state index contributed by atoms with van der Waals surface area (Å²) in [5.41, 5.74) is 1.54. The van der Waals surface area contributed by atoms with Gasteiger partial charge in [-0.2, -0.15) is 0 Å². The van der Waals surface area contributed by atoms with Crippen LogP contribution in [-0.4, -0.2) is 22.7 Å². The molecule has 1 aliphatic heterocycles. The quantitative estimate of drug-likeness (QED) is 0.653. The van der Waals surface area contributed by atoms with Crippen LogP contribution < -0.4 is 4.90 Å². The third kappa shape index (κ3) is 1.26. The van der Waals surface area contributed by atoms with E-state index in [0.29, 0.717) is 12.2 Å². The Labute approximate surface area is 75.1 Å². The van der Waals surface area contributed by atoms with E-state index in [4.69, 9.17) is 5.11 Å². The second-order valence-corrected chi connectivity index (χ2v) is 2.73. The summed E-state index contributed by atoms with van der Waals surface area (Å²) in [6.45, 7) is 0.397. The first kappa shape index (κ1) is 7.79. The van der Waals surface area contributed by atoms with E-state index in [1.54, 1.807) is 18.5 Å². The van der Waals surface area contributed by atoms with Gasteiger partial charge in [-0.15, -0.1) is 0 Å². The molecule has 1 amide bonds. The molecule has 0 aromatic carbocycles. The number of pyridine rings is 1. The molecule has 0 fully saturated rings. The van der Waals surface area contributed by atoms with E-state index in [1.807, 2.05) is 12.2 Å². The van der Waals surface area contributed by atoms with Crippen molar-refractivity contribution in [1.29, 1.82) is 0 Å². The Balaban J connectivity index is 2.49. The molecule has 0 spiro atoms. The highest BCUT2D eigenvalue weighted by Gasteiger charge is 2.18. The normalized spacial score (nSPS) is 14.0. The predicted octanol–water partition coefficient (Wildman–Crippen LogP) is 1.59. The molecule has 66 valence electrons. The van der Waals surface area contributed by atoms with Gasteiger partial charge in [0.1, 0.15) is 0 Å². The molecule has 0 unspecified atom stereocenters. The van der Waals surface area contributed by atoms with Gasteiger partial charge < -0.3 is 5.11 Å². The zero-order valence-corrected chi connectivity index (χ0v) is 6.84. The number of carbonyl (C=O) groups is 1. The molecule has 13 heavy (non-hydrogen) atoms. The van der Waals surface area contributed by atoms with E-state index < -0.39 is 6.09 Å². The maximum atomic E-state index is 10.8. The summed E-state index contributed by atoms with van der Waals surface area (Å²) < 4.78 is 0. The average molecular weight is 176 g/mol. The molecule has 0 radical (unpaired) electrons. The van der Waals surface area contributed by atoms with Crippen LogP contribution in [0.3, 0.4) is 0 Å². The summed E-state index contributed by atoms with van der Waals surface area (Å²) in [5.74, 6) is 0. The molecule has 4 nitrogen and oxygen atoms in total. The fraction of sp³-hybridized carbons (Fsp3) is 0.111. The molecule has 1 aromatic heterocycles. The van der Waals surface area contributed by atoms with Crippen molar-refractivity contribution in [2.24, 2.45) is 0 Å². The van der Waals surface area contributed by atoms with Crippen LogP contribution in [0, 0.1) is 0 Å². The lowest BCUT2D eigenvalue weighted by atomic mass is 10.1. The number of aromatic nitrogens is 1. The fourth-order valence-electron chi connectivity index (χ4n) is 1.33. The lowest BCUT2D eigenvalue weighted by Gasteiger charge is -2.22. The van der Waals surface area contributed by atoms with Gasteiger partial charge in [-0.05, 0) is 6.07 Å². The second-order valence-electron chi connectivity index (χ2n) is 2.73. The number of fused-ring (bicyclic) bond motifs is 1. The topological polar surface area (TPSA) is 53.4 Å². The minimum absolute atomic E-state index is 0.397. The Morgan fingerprint density at radius 1 is 1.62 bits per heavy atom. The van der Waals surface area contributed by atoms with Crippen molar-refractivity contribution in [2.75, 3.05) is 11.4 Å². The van der Waals surface area contributed by atoms with E-state index in [9.17, 15) is 4.79 Å². The van der Waals surface area contributed by atoms with Crippen molar-refractivity contribution in [3.63, 3.8) is 0 Å². The smallest absolute Gasteiger partial charge is 0.412 e. The van der Waals surface area contributed by atoms with Crippen molar-refractivity contribution >= 4 is 17.9 Å². The van der Waals surface area contributed by atoms with Gasteiger partial charge in [-0.25, -0.2) is 4.79 Å². The Kier molecular flexibility index (Phi) is 1.73. The zero-order valence-electron chi connectivity index (χ0n) is 6.84. The number of rotatable bonds is 0. The first-order chi connectivity index (χ1) is 6.29. The Bertz CT molecular complexity index is 374. The van der Waals surface area contributed by atoms with Gasteiger partial charge in [-0.1, -0.05) is 12.2 Å². The van der Waals surface area contributed by atoms with E-state index in [0.717, 1.165) is 5.56 Å². The van der Waals surface area contributed by atoms with Crippen LogP contribution in [-0.2, 0) is 0 Å². The van der Waals surface area contributed by atoms with Crippen LogP contribution >= 0.6 is 0 Å². The summed E-state index contributed by atoms with van der Waals surface area (Å²) in [5, 5.41) is 8.85. The SMILES string of the molecule is O=C(O)N1CC=Cc2ccncc21. The average Bonchev–Trinajstić information content (AvgIpc) is 2.17. The highest BCUT2D eigenvalue weighted by molar-refractivity contribution is 5.90. The lowest BCUT2D eigenvalue weighted by molar-refractivity contribution is 0.202. The predicted molar refractivity (Wildman–Crippen MR) is 48.6 cm³/mol. The van der Waals surface area contributed by atoms with Crippen LogP contribution in [0.4, 0.5) is 10.5 Å². The summed E-state index contributed by atoms with van der Waals surface area (Å²) >= 11 is 0. The molecular weight excluding hydrogens is 168 g/mol. The molecule has 0 aliphatic carbocycles. The van der Waals surface area contributed by atoms with Crippen LogP contribution in [0.5, 0.6) is 0 Å². The number of nitrogens with zero attached hydrogens (tertiary/aromatic N) is 2. The third-order valence-electron chi connectivity index (χ3n) is 1.94. The van der Waals surface area contributed by atoms with E-state index >= 15 is 0 Å². The Morgan fingerprint density at radius 2 is 2.46 bits per heavy atom. The Morgan fingerprint density at radius 3 is 3.23 bits per heavy atom. The molecule has 0 saturated heterocycles. The van der Waals surface area contributed by atoms with Crippen LogP contribution in [0.2, 0.25) is 0 Å². The summed E-state index contributed by atoms with van der Waals surface area (Å²) in [6, 6.07) is 1.79. The monoisotopic (exact) mass is 176 g/mol. The van der Waals surface area contributed by atoms with Gasteiger partial charge >= 0.3 is 6.09 Å². The Hall–Kier alpha value is -1.84. The number of hydrogen-bond acceptors (Lipinski definition) is 2. The maximum Gasteiger partial charge on any atom is 0.412 e. The summed E-state index contributed by atoms with van der Waals surface area (Å²) in [6.07, 6.45) is 5.98. The van der Waals surface area contributed by atoms with E-state index in [1.165, 1.54) is 4.90 Å². The lowest BCUT2D eigenvalue weighted by Crippen LogP contribution is -2.31. The van der Waals surface area contributed by atoms with Crippen LogP contribution in [0.15, 0.2) is 24.5 Å². The van der Waals surface area contributed by atoms with Crippen LogP contribution in [0.25, 0.3) is 6.08 Å². The molecule has 2 heterocycles. The standard InChI is InChI=1S/C9H8N2O2/c12-9(13)11-5-1-2-7-3-4-10-6-8(7)11/h1-4,6H,5H2,(H,12,13). The van der Waals surface area contributed by atoms with Gasteiger partial charge in [0.25, 0.3) is 0 Å². The zero-order chi connectivity index (χ0) is 9.26. The fourth-order valence-corrected chi connectivity index (χ4v) is 1.33.